The molecule has 4 rings (SSSR count). The molecule has 0 bridgehead atoms. The first-order valence-electron chi connectivity index (χ1n) is 12.7. The highest BCUT2D eigenvalue weighted by Gasteiger charge is 2.14. The van der Waals surface area contributed by atoms with Crippen molar-refractivity contribution in [2.45, 2.75) is 115 Å². The van der Waals surface area contributed by atoms with Crippen molar-refractivity contribution in [2.75, 3.05) is 26.4 Å². The second-order valence-corrected chi connectivity index (χ2v) is 9.05. The summed E-state index contributed by atoms with van der Waals surface area (Å²) in [6.07, 6.45) is 24.9. The van der Waals surface area contributed by atoms with Gasteiger partial charge >= 0.3 is 0 Å². The number of ether oxygens (including phenoxy) is 4. The van der Waals surface area contributed by atoms with Crippen LogP contribution in [0.4, 0.5) is 0 Å². The van der Waals surface area contributed by atoms with E-state index in [4.69, 9.17) is 18.9 Å². The summed E-state index contributed by atoms with van der Waals surface area (Å²) in [7, 11) is 0. The van der Waals surface area contributed by atoms with Gasteiger partial charge in [-0.2, -0.15) is 0 Å². The Kier molecular flexibility index (Phi) is 12.1. The molecule has 0 spiro atoms. The third-order valence-electron chi connectivity index (χ3n) is 6.02. The molecular weight excluding hydrogens is 376 g/mol. The highest BCUT2D eigenvalue weighted by molar-refractivity contribution is 5.16. The minimum atomic E-state index is 0.0977. The average molecular weight is 421 g/mol. The molecule has 2 aliphatic carbocycles. The maximum absolute atomic E-state index is 5.66. The minimum absolute atomic E-state index is 0.0977. The van der Waals surface area contributed by atoms with Gasteiger partial charge < -0.3 is 18.9 Å². The van der Waals surface area contributed by atoms with E-state index in [1.807, 2.05) is 0 Å². The van der Waals surface area contributed by atoms with Crippen LogP contribution in [0.3, 0.4) is 0 Å². The van der Waals surface area contributed by atoms with Crippen LogP contribution in [-0.4, -0.2) is 39.0 Å². The first-order chi connectivity index (χ1) is 14.9. The summed E-state index contributed by atoms with van der Waals surface area (Å²) < 4.78 is 22.3. The standard InChI is InChI=1S/2C13H22O2/c2*1(2-6-12-8-9-12)4-10-14-13-7-3-5-11-15-13/h2*6,13H,1-5,7-11H2. The molecule has 4 heteroatoms. The van der Waals surface area contributed by atoms with Crippen LogP contribution in [0.1, 0.15) is 103 Å². The lowest BCUT2D eigenvalue weighted by Gasteiger charge is -2.22. The normalized spacial score (nSPS) is 25.3. The van der Waals surface area contributed by atoms with Gasteiger partial charge in [0.15, 0.2) is 12.6 Å². The highest BCUT2D eigenvalue weighted by Crippen LogP contribution is 2.28. The van der Waals surface area contributed by atoms with Gasteiger partial charge in [0.25, 0.3) is 0 Å². The lowest BCUT2D eigenvalue weighted by Crippen LogP contribution is -2.22. The summed E-state index contributed by atoms with van der Waals surface area (Å²) >= 11 is 0. The quantitative estimate of drug-likeness (QED) is 0.256. The van der Waals surface area contributed by atoms with E-state index in [9.17, 15) is 0 Å². The van der Waals surface area contributed by atoms with E-state index >= 15 is 0 Å². The number of hydrogen-bond donors (Lipinski definition) is 0. The maximum Gasteiger partial charge on any atom is 0.157 e. The van der Waals surface area contributed by atoms with E-state index in [2.05, 4.69) is 12.2 Å². The van der Waals surface area contributed by atoms with Crippen LogP contribution in [0.2, 0.25) is 0 Å². The second kappa shape index (κ2) is 15.2. The molecule has 0 aromatic heterocycles. The smallest absolute Gasteiger partial charge is 0.157 e. The molecule has 2 atom stereocenters. The Balaban J connectivity index is 0.000000171. The van der Waals surface area contributed by atoms with Crippen LogP contribution >= 0.6 is 0 Å². The molecule has 30 heavy (non-hydrogen) atoms. The summed E-state index contributed by atoms with van der Waals surface area (Å²) in [5.41, 5.74) is 3.32. The van der Waals surface area contributed by atoms with Crippen molar-refractivity contribution in [1.82, 2.24) is 0 Å². The lowest BCUT2D eigenvalue weighted by atomic mass is 10.2. The summed E-state index contributed by atoms with van der Waals surface area (Å²) in [6, 6.07) is 0. The third-order valence-corrected chi connectivity index (χ3v) is 6.02. The Morgan fingerprint density at radius 1 is 0.633 bits per heavy atom. The van der Waals surface area contributed by atoms with E-state index in [1.54, 1.807) is 11.1 Å². The predicted molar refractivity (Wildman–Crippen MR) is 121 cm³/mol. The summed E-state index contributed by atoms with van der Waals surface area (Å²) in [5.74, 6) is 0. The fraction of sp³-hybridized carbons (Fsp3) is 0.846. The molecule has 4 fully saturated rings. The Hall–Kier alpha value is -0.680. The zero-order valence-corrected chi connectivity index (χ0v) is 19.1. The fourth-order valence-electron chi connectivity index (χ4n) is 3.77. The van der Waals surface area contributed by atoms with Crippen LogP contribution < -0.4 is 0 Å². The molecule has 4 nitrogen and oxygen atoms in total. The van der Waals surface area contributed by atoms with Crippen LogP contribution in [0.5, 0.6) is 0 Å². The van der Waals surface area contributed by atoms with Gasteiger partial charge in [-0.3, -0.25) is 0 Å². The lowest BCUT2D eigenvalue weighted by molar-refractivity contribution is -0.163. The molecule has 2 saturated heterocycles. The predicted octanol–water partition coefficient (Wildman–Crippen LogP) is 6.84. The summed E-state index contributed by atoms with van der Waals surface area (Å²) in [6.45, 7) is 3.51. The van der Waals surface area contributed by atoms with Crippen LogP contribution in [0, 0.1) is 0 Å². The largest absolute Gasteiger partial charge is 0.353 e. The van der Waals surface area contributed by atoms with Gasteiger partial charge in [-0.25, -0.2) is 0 Å². The van der Waals surface area contributed by atoms with Crippen molar-refractivity contribution in [3.8, 4) is 0 Å². The van der Waals surface area contributed by atoms with E-state index < -0.39 is 0 Å². The SMILES string of the molecule is C(CCCCOC1CCCCO1)=C1CC1.C(CCCCOC1CCCCO1)=C1CC1. The Morgan fingerprint density at radius 2 is 1.10 bits per heavy atom. The molecule has 0 aromatic rings. The molecule has 2 unspecified atom stereocenters. The molecule has 2 heterocycles. The molecule has 0 radical (unpaired) electrons. The van der Waals surface area contributed by atoms with E-state index in [0.717, 1.165) is 39.3 Å². The monoisotopic (exact) mass is 420 g/mol. The van der Waals surface area contributed by atoms with Crippen LogP contribution in [-0.2, 0) is 18.9 Å². The Bertz CT molecular complexity index is 443. The van der Waals surface area contributed by atoms with Gasteiger partial charge in [-0.05, 0) is 103 Å². The van der Waals surface area contributed by atoms with Gasteiger partial charge in [0.2, 0.25) is 0 Å². The zero-order chi connectivity index (χ0) is 20.7. The van der Waals surface area contributed by atoms with Crippen molar-refractivity contribution in [1.29, 1.82) is 0 Å². The van der Waals surface area contributed by atoms with Crippen LogP contribution in [0.25, 0.3) is 0 Å². The van der Waals surface area contributed by atoms with E-state index in [-0.39, 0.29) is 12.6 Å². The number of allylic oxidation sites excluding steroid dienone is 4. The number of rotatable bonds is 12. The number of hydrogen-bond acceptors (Lipinski definition) is 4. The molecular formula is C26H44O4. The average Bonchev–Trinajstić information content (AvgIpc) is 3.71. The first kappa shape index (κ1) is 24.0. The minimum Gasteiger partial charge on any atom is -0.353 e. The molecule has 0 aromatic carbocycles. The van der Waals surface area contributed by atoms with Gasteiger partial charge in [0.05, 0.1) is 0 Å². The second-order valence-electron chi connectivity index (χ2n) is 9.05. The molecule has 0 N–H and O–H groups in total. The zero-order valence-electron chi connectivity index (χ0n) is 19.1. The third kappa shape index (κ3) is 12.2. The van der Waals surface area contributed by atoms with Crippen molar-refractivity contribution < 1.29 is 18.9 Å². The Labute approximate surface area is 184 Å². The van der Waals surface area contributed by atoms with Crippen molar-refractivity contribution in [3.63, 3.8) is 0 Å². The molecule has 0 amide bonds. The van der Waals surface area contributed by atoms with Crippen molar-refractivity contribution in [3.05, 3.63) is 23.3 Å². The molecule has 2 aliphatic heterocycles. The molecule has 172 valence electrons. The molecule has 4 aliphatic rings. The summed E-state index contributed by atoms with van der Waals surface area (Å²) in [5, 5.41) is 0. The number of unbranched alkanes of at least 4 members (excludes halogenated alkanes) is 4. The van der Waals surface area contributed by atoms with Crippen molar-refractivity contribution in [2.24, 2.45) is 0 Å². The summed E-state index contributed by atoms with van der Waals surface area (Å²) in [4.78, 5) is 0. The Morgan fingerprint density at radius 3 is 1.47 bits per heavy atom. The fourth-order valence-corrected chi connectivity index (χ4v) is 3.77. The molecule has 2 saturated carbocycles. The van der Waals surface area contributed by atoms with E-state index in [1.165, 1.54) is 89.9 Å². The van der Waals surface area contributed by atoms with Gasteiger partial charge in [-0.1, -0.05) is 23.3 Å². The van der Waals surface area contributed by atoms with Gasteiger partial charge in [-0.15, -0.1) is 0 Å². The van der Waals surface area contributed by atoms with E-state index in [0.29, 0.717) is 0 Å². The topological polar surface area (TPSA) is 36.9 Å². The maximum atomic E-state index is 5.66. The van der Waals surface area contributed by atoms with Crippen LogP contribution in [0.15, 0.2) is 23.3 Å². The van der Waals surface area contributed by atoms with Gasteiger partial charge in [0.1, 0.15) is 0 Å². The van der Waals surface area contributed by atoms with Gasteiger partial charge in [0, 0.05) is 26.4 Å². The highest BCUT2D eigenvalue weighted by atomic mass is 16.7. The van der Waals surface area contributed by atoms with Crippen molar-refractivity contribution >= 4 is 0 Å². The first-order valence-corrected chi connectivity index (χ1v) is 12.7.